The molecule has 3 aromatic rings. The minimum Gasteiger partial charge on any atom is -0.481 e. The van der Waals surface area contributed by atoms with Crippen LogP contribution in [-0.4, -0.2) is 36.3 Å². The molecule has 0 aliphatic rings. The topological polar surface area (TPSA) is 49.2 Å². The Balaban J connectivity index is 2.04. The molecule has 0 bridgehead atoms. The Bertz CT molecular complexity index is 950. The Labute approximate surface area is 166 Å². The lowest BCUT2D eigenvalue weighted by Gasteiger charge is -2.16. The first-order valence-electron chi connectivity index (χ1n) is 9.04. The third-order valence-electron chi connectivity index (χ3n) is 4.58. The number of nitrogens with zero attached hydrogens (tertiary/aromatic N) is 3. The van der Waals surface area contributed by atoms with E-state index >= 15 is 0 Å². The summed E-state index contributed by atoms with van der Waals surface area (Å²) in [5, 5.41) is 1.48. The molecule has 0 amide bonds. The van der Waals surface area contributed by atoms with E-state index in [4.69, 9.17) is 21.1 Å². The molecule has 0 saturated heterocycles. The molecule has 0 radical (unpaired) electrons. The third-order valence-corrected chi connectivity index (χ3v) is 6.50. The molecule has 3 aromatic heterocycles. The average molecular weight is 404 g/mol. The van der Waals surface area contributed by atoms with Gasteiger partial charge in [-0.2, -0.15) is 0 Å². The fraction of sp³-hybridized carbons (Fsp3) is 0.400. The maximum Gasteiger partial charge on any atom is 0.221 e. The first-order valence-corrected chi connectivity index (χ1v) is 13.1. The fourth-order valence-corrected chi connectivity index (χ4v) is 3.99. The molecular formula is C20H26ClN3O2Si. The van der Waals surface area contributed by atoms with E-state index in [9.17, 15) is 0 Å². The quantitative estimate of drug-likeness (QED) is 0.302. The summed E-state index contributed by atoms with van der Waals surface area (Å²) in [5.41, 5.74) is 3.85. The van der Waals surface area contributed by atoms with E-state index in [1.807, 2.05) is 24.3 Å². The highest BCUT2D eigenvalue weighted by Gasteiger charge is 2.20. The highest BCUT2D eigenvalue weighted by Crippen LogP contribution is 2.38. The van der Waals surface area contributed by atoms with Crippen LogP contribution in [0.15, 0.2) is 30.5 Å². The van der Waals surface area contributed by atoms with Gasteiger partial charge in [0.05, 0.1) is 7.11 Å². The number of ether oxygens (including phenoxy) is 2. The van der Waals surface area contributed by atoms with Gasteiger partial charge in [0.1, 0.15) is 17.5 Å². The summed E-state index contributed by atoms with van der Waals surface area (Å²) >= 11 is 6.18. The monoisotopic (exact) mass is 403 g/mol. The zero-order valence-corrected chi connectivity index (χ0v) is 18.3. The van der Waals surface area contributed by atoms with Crippen molar-refractivity contribution in [2.75, 3.05) is 13.7 Å². The van der Waals surface area contributed by atoms with Crippen LogP contribution in [0, 0.1) is 6.92 Å². The van der Waals surface area contributed by atoms with E-state index in [1.54, 1.807) is 13.3 Å². The molecular weight excluding hydrogens is 378 g/mol. The van der Waals surface area contributed by atoms with Crippen molar-refractivity contribution in [3.05, 3.63) is 41.3 Å². The average Bonchev–Trinajstić information content (AvgIpc) is 2.88. The van der Waals surface area contributed by atoms with Gasteiger partial charge in [0.25, 0.3) is 0 Å². The summed E-state index contributed by atoms with van der Waals surface area (Å²) in [7, 11) is 0.507. The van der Waals surface area contributed by atoms with Crippen molar-refractivity contribution >= 4 is 30.7 Å². The summed E-state index contributed by atoms with van der Waals surface area (Å²) in [6.07, 6.45) is 1.73. The molecule has 144 valence electrons. The van der Waals surface area contributed by atoms with Crippen LogP contribution < -0.4 is 4.74 Å². The SMILES string of the molecule is COc1ncccc1-c1c(C)n(COCC[Si](C)(C)C)c2nc(Cl)ccc12. The van der Waals surface area contributed by atoms with Crippen molar-refractivity contribution in [3.8, 4) is 17.0 Å². The molecule has 0 fully saturated rings. The minimum absolute atomic E-state index is 0.447. The van der Waals surface area contributed by atoms with Gasteiger partial charge < -0.3 is 14.0 Å². The van der Waals surface area contributed by atoms with Crippen LogP contribution in [0.2, 0.25) is 30.8 Å². The normalized spacial score (nSPS) is 11.9. The highest BCUT2D eigenvalue weighted by atomic mass is 35.5. The van der Waals surface area contributed by atoms with Gasteiger partial charge in [0.2, 0.25) is 5.88 Å². The van der Waals surface area contributed by atoms with Crippen molar-refractivity contribution in [1.82, 2.24) is 14.5 Å². The Kier molecular flexibility index (Phi) is 5.88. The van der Waals surface area contributed by atoms with Gasteiger partial charge in [0.15, 0.2) is 0 Å². The number of pyridine rings is 2. The summed E-state index contributed by atoms with van der Waals surface area (Å²) in [4.78, 5) is 8.91. The lowest BCUT2D eigenvalue weighted by molar-refractivity contribution is 0.0887. The lowest BCUT2D eigenvalue weighted by atomic mass is 10.0. The van der Waals surface area contributed by atoms with Gasteiger partial charge in [-0.1, -0.05) is 31.2 Å². The summed E-state index contributed by atoms with van der Waals surface area (Å²) < 4.78 is 13.6. The molecule has 0 aromatic carbocycles. The molecule has 3 rings (SSSR count). The number of methoxy groups -OCH3 is 1. The zero-order valence-electron chi connectivity index (χ0n) is 16.5. The second-order valence-electron chi connectivity index (χ2n) is 7.80. The predicted molar refractivity (Wildman–Crippen MR) is 113 cm³/mol. The van der Waals surface area contributed by atoms with E-state index in [1.165, 1.54) is 0 Å². The van der Waals surface area contributed by atoms with Crippen LogP contribution in [0.4, 0.5) is 0 Å². The molecule has 0 atom stereocenters. The van der Waals surface area contributed by atoms with Gasteiger partial charge in [-0.3, -0.25) is 0 Å². The van der Waals surface area contributed by atoms with Crippen LogP contribution in [0.3, 0.4) is 0 Å². The number of aromatic nitrogens is 3. The van der Waals surface area contributed by atoms with Crippen LogP contribution in [0.1, 0.15) is 5.69 Å². The zero-order chi connectivity index (χ0) is 19.6. The summed E-state index contributed by atoms with van der Waals surface area (Å²) in [5.74, 6) is 0.592. The fourth-order valence-electron chi connectivity index (χ4n) is 3.09. The Hall–Kier alpha value is -1.89. The molecule has 0 aliphatic carbocycles. The van der Waals surface area contributed by atoms with E-state index in [2.05, 4.69) is 41.1 Å². The molecule has 5 nitrogen and oxygen atoms in total. The molecule has 0 N–H and O–H groups in total. The minimum atomic E-state index is -1.13. The first kappa shape index (κ1) is 19.9. The number of hydrogen-bond donors (Lipinski definition) is 0. The van der Waals surface area contributed by atoms with Gasteiger partial charge >= 0.3 is 0 Å². The van der Waals surface area contributed by atoms with E-state index in [0.29, 0.717) is 17.8 Å². The summed E-state index contributed by atoms with van der Waals surface area (Å²) in [6, 6.07) is 8.86. The highest BCUT2D eigenvalue weighted by molar-refractivity contribution is 6.76. The molecule has 0 aliphatic heterocycles. The molecule has 7 heteroatoms. The van der Waals surface area contributed by atoms with Crippen LogP contribution in [-0.2, 0) is 11.5 Å². The molecule has 0 unspecified atom stereocenters. The standard InChI is InChI=1S/C20H26ClN3O2Si/c1-14-18(16-7-6-10-22-20(16)25-2)15-8-9-17(21)23-19(15)24(14)13-26-11-12-27(3,4)5/h6-10H,11-13H2,1-5H3. The van der Waals surface area contributed by atoms with E-state index in [-0.39, 0.29) is 0 Å². The number of halogens is 1. The van der Waals surface area contributed by atoms with Crippen molar-refractivity contribution < 1.29 is 9.47 Å². The lowest BCUT2D eigenvalue weighted by Crippen LogP contribution is -2.22. The smallest absolute Gasteiger partial charge is 0.221 e. The van der Waals surface area contributed by atoms with Gasteiger partial charge in [0, 0.05) is 43.1 Å². The predicted octanol–water partition coefficient (Wildman–Crippen LogP) is 5.38. The number of hydrogen-bond acceptors (Lipinski definition) is 4. The molecule has 3 heterocycles. The second kappa shape index (κ2) is 8.00. The van der Waals surface area contributed by atoms with Crippen molar-refractivity contribution in [3.63, 3.8) is 0 Å². The third kappa shape index (κ3) is 4.34. The number of rotatable bonds is 7. The van der Waals surface area contributed by atoms with Gasteiger partial charge in [-0.05, 0) is 37.2 Å². The molecule has 0 saturated carbocycles. The van der Waals surface area contributed by atoms with Crippen molar-refractivity contribution in [2.24, 2.45) is 0 Å². The first-order chi connectivity index (χ1) is 12.8. The van der Waals surface area contributed by atoms with E-state index < -0.39 is 8.07 Å². The summed E-state index contributed by atoms with van der Waals surface area (Å²) in [6.45, 7) is 10.3. The largest absolute Gasteiger partial charge is 0.481 e. The van der Waals surface area contributed by atoms with Gasteiger partial charge in [-0.15, -0.1) is 0 Å². The van der Waals surface area contributed by atoms with Crippen molar-refractivity contribution in [2.45, 2.75) is 39.3 Å². The van der Waals surface area contributed by atoms with Crippen LogP contribution >= 0.6 is 11.6 Å². The van der Waals surface area contributed by atoms with Crippen LogP contribution in [0.5, 0.6) is 5.88 Å². The second-order valence-corrected chi connectivity index (χ2v) is 13.8. The number of fused-ring (bicyclic) bond motifs is 1. The van der Waals surface area contributed by atoms with Crippen molar-refractivity contribution in [1.29, 1.82) is 0 Å². The van der Waals surface area contributed by atoms with Crippen LogP contribution in [0.25, 0.3) is 22.2 Å². The van der Waals surface area contributed by atoms with E-state index in [0.717, 1.165) is 40.5 Å². The molecule has 0 spiro atoms. The Morgan fingerprint density at radius 3 is 2.67 bits per heavy atom. The maximum atomic E-state index is 6.18. The molecule has 27 heavy (non-hydrogen) atoms. The van der Waals surface area contributed by atoms with Gasteiger partial charge in [-0.25, -0.2) is 9.97 Å². The maximum absolute atomic E-state index is 6.18. The Morgan fingerprint density at radius 1 is 1.19 bits per heavy atom. The Morgan fingerprint density at radius 2 is 1.96 bits per heavy atom.